The number of nitrogens with two attached hydrogens (primary N) is 1. The molecule has 0 saturated heterocycles. The molecule has 2 N–H and O–H groups in total. The maximum Gasteiger partial charge on any atom is 0.446 e. The highest BCUT2D eigenvalue weighted by atomic mass is 35.5. The Kier molecular flexibility index (Phi) is 8.54. The van der Waals surface area contributed by atoms with Gasteiger partial charge in [0.15, 0.2) is 0 Å². The SMILES string of the molecule is CCCCC[C@@H](N)c1ccc(SC(F)(F)F)cc1.Cl. The van der Waals surface area contributed by atoms with E-state index in [2.05, 4.69) is 6.92 Å². The second kappa shape index (κ2) is 8.72. The molecule has 1 aromatic rings. The Balaban J connectivity index is 0.00000324. The lowest BCUT2D eigenvalue weighted by Gasteiger charge is -2.12. The number of rotatable bonds is 6. The van der Waals surface area contributed by atoms with Crippen molar-refractivity contribution in [3.63, 3.8) is 0 Å². The fraction of sp³-hybridized carbons (Fsp3) is 0.538. The van der Waals surface area contributed by atoms with Crippen LogP contribution in [-0.4, -0.2) is 5.51 Å². The quantitative estimate of drug-likeness (QED) is 0.569. The molecule has 6 heteroatoms. The average Bonchev–Trinajstić information content (AvgIpc) is 2.28. The van der Waals surface area contributed by atoms with Crippen LogP contribution in [0.2, 0.25) is 0 Å². The van der Waals surface area contributed by atoms with E-state index in [1.165, 1.54) is 12.1 Å². The number of halogens is 4. The molecule has 0 spiro atoms. The third-order valence-corrected chi connectivity index (χ3v) is 3.40. The van der Waals surface area contributed by atoms with Crippen molar-refractivity contribution in [1.29, 1.82) is 0 Å². The molecular formula is C13H19ClF3NS. The lowest BCUT2D eigenvalue weighted by Crippen LogP contribution is -2.10. The van der Waals surface area contributed by atoms with Crippen LogP contribution in [0.5, 0.6) is 0 Å². The highest BCUT2D eigenvalue weighted by molar-refractivity contribution is 8.00. The summed E-state index contributed by atoms with van der Waals surface area (Å²) in [6, 6.07) is 6.25. The van der Waals surface area contributed by atoms with Crippen LogP contribution in [0.15, 0.2) is 29.2 Å². The van der Waals surface area contributed by atoms with Gasteiger partial charge in [0.25, 0.3) is 0 Å². The second-order valence-corrected chi connectivity index (χ2v) is 5.36. The Morgan fingerprint density at radius 2 is 1.74 bits per heavy atom. The van der Waals surface area contributed by atoms with Crippen LogP contribution in [0.4, 0.5) is 13.2 Å². The monoisotopic (exact) mass is 313 g/mol. The fourth-order valence-corrected chi connectivity index (χ4v) is 2.24. The van der Waals surface area contributed by atoms with Crippen LogP contribution in [0.25, 0.3) is 0 Å². The van der Waals surface area contributed by atoms with Crippen LogP contribution < -0.4 is 5.73 Å². The second-order valence-electron chi connectivity index (χ2n) is 4.22. The van der Waals surface area contributed by atoms with Crippen molar-refractivity contribution in [3.8, 4) is 0 Å². The molecule has 0 amide bonds. The van der Waals surface area contributed by atoms with Gasteiger partial charge < -0.3 is 5.73 Å². The zero-order valence-corrected chi connectivity index (χ0v) is 12.4. The van der Waals surface area contributed by atoms with Crippen molar-refractivity contribution in [1.82, 2.24) is 0 Å². The number of hydrogen-bond acceptors (Lipinski definition) is 2. The zero-order valence-electron chi connectivity index (χ0n) is 10.7. The van der Waals surface area contributed by atoms with Crippen LogP contribution in [0.3, 0.4) is 0 Å². The molecule has 0 aromatic heterocycles. The molecule has 0 unspecified atom stereocenters. The molecule has 19 heavy (non-hydrogen) atoms. The Morgan fingerprint density at radius 3 is 2.21 bits per heavy atom. The average molecular weight is 314 g/mol. The molecule has 0 aliphatic rings. The van der Waals surface area contributed by atoms with Gasteiger partial charge in [-0.1, -0.05) is 38.3 Å². The largest absolute Gasteiger partial charge is 0.446 e. The van der Waals surface area contributed by atoms with Crippen molar-refractivity contribution in [3.05, 3.63) is 29.8 Å². The summed E-state index contributed by atoms with van der Waals surface area (Å²) in [7, 11) is 0. The van der Waals surface area contributed by atoms with Gasteiger partial charge in [-0.3, -0.25) is 0 Å². The van der Waals surface area contributed by atoms with E-state index in [-0.39, 0.29) is 35.1 Å². The summed E-state index contributed by atoms with van der Waals surface area (Å²) < 4.78 is 36.4. The molecule has 110 valence electrons. The predicted molar refractivity (Wildman–Crippen MR) is 76.7 cm³/mol. The fourth-order valence-electron chi connectivity index (χ4n) is 1.70. The first-order valence-electron chi connectivity index (χ1n) is 6.03. The van der Waals surface area contributed by atoms with Crippen LogP contribution >= 0.6 is 24.2 Å². The van der Waals surface area contributed by atoms with Crippen molar-refractivity contribution < 1.29 is 13.2 Å². The molecule has 1 aromatic carbocycles. The van der Waals surface area contributed by atoms with Gasteiger partial charge in [0.2, 0.25) is 0 Å². The molecule has 1 rings (SSSR count). The highest BCUT2D eigenvalue weighted by Crippen LogP contribution is 2.37. The van der Waals surface area contributed by atoms with Gasteiger partial charge >= 0.3 is 5.51 Å². The summed E-state index contributed by atoms with van der Waals surface area (Å²) in [4.78, 5) is 0.201. The van der Waals surface area contributed by atoms with E-state index in [4.69, 9.17) is 5.73 Å². The minimum atomic E-state index is -4.23. The van der Waals surface area contributed by atoms with Crippen LogP contribution in [0, 0.1) is 0 Å². The number of alkyl halides is 3. The molecular weight excluding hydrogens is 295 g/mol. The van der Waals surface area contributed by atoms with E-state index in [1.807, 2.05) is 0 Å². The van der Waals surface area contributed by atoms with Crippen molar-refractivity contribution in [2.24, 2.45) is 5.73 Å². The molecule has 0 heterocycles. The zero-order chi connectivity index (χ0) is 13.6. The Bertz CT molecular complexity index is 354. The maximum atomic E-state index is 12.1. The summed E-state index contributed by atoms with van der Waals surface area (Å²) >= 11 is -0.0982. The van der Waals surface area contributed by atoms with Gasteiger partial charge in [-0.15, -0.1) is 12.4 Å². The Morgan fingerprint density at radius 1 is 1.16 bits per heavy atom. The van der Waals surface area contributed by atoms with E-state index in [1.54, 1.807) is 12.1 Å². The summed E-state index contributed by atoms with van der Waals surface area (Å²) in [6.45, 7) is 2.12. The highest BCUT2D eigenvalue weighted by Gasteiger charge is 2.29. The van der Waals surface area contributed by atoms with Gasteiger partial charge in [0, 0.05) is 10.9 Å². The van der Waals surface area contributed by atoms with Crippen LogP contribution in [0.1, 0.15) is 44.2 Å². The van der Waals surface area contributed by atoms with E-state index < -0.39 is 5.51 Å². The molecule has 1 nitrogen and oxygen atoms in total. The Hall–Kier alpha value is -0.390. The minimum Gasteiger partial charge on any atom is -0.324 e. The maximum absolute atomic E-state index is 12.1. The summed E-state index contributed by atoms with van der Waals surface area (Å²) in [5, 5.41) is 0. The third kappa shape index (κ3) is 7.70. The lowest BCUT2D eigenvalue weighted by molar-refractivity contribution is -0.0328. The summed E-state index contributed by atoms with van der Waals surface area (Å²) in [5.41, 5.74) is 2.65. The van der Waals surface area contributed by atoms with Gasteiger partial charge in [0.1, 0.15) is 0 Å². The number of thioether (sulfide) groups is 1. The normalized spacial score (nSPS) is 12.9. The van der Waals surface area contributed by atoms with Crippen molar-refractivity contribution in [2.75, 3.05) is 0 Å². The van der Waals surface area contributed by atoms with Crippen molar-refractivity contribution >= 4 is 24.2 Å². The third-order valence-electron chi connectivity index (χ3n) is 2.66. The summed E-state index contributed by atoms with van der Waals surface area (Å²) in [6.07, 6.45) is 4.19. The molecule has 0 radical (unpaired) electrons. The van der Waals surface area contributed by atoms with E-state index in [9.17, 15) is 13.2 Å². The van der Waals surface area contributed by atoms with Gasteiger partial charge in [-0.05, 0) is 35.9 Å². The smallest absolute Gasteiger partial charge is 0.324 e. The number of hydrogen-bond donors (Lipinski definition) is 1. The topological polar surface area (TPSA) is 26.0 Å². The minimum absolute atomic E-state index is 0. The van der Waals surface area contributed by atoms with Crippen molar-refractivity contribution in [2.45, 2.75) is 49.1 Å². The number of benzene rings is 1. The Labute approximate surface area is 122 Å². The first kappa shape index (κ1) is 18.6. The first-order chi connectivity index (χ1) is 8.42. The van der Waals surface area contributed by atoms with Gasteiger partial charge in [-0.2, -0.15) is 13.2 Å². The van der Waals surface area contributed by atoms with Gasteiger partial charge in [-0.25, -0.2) is 0 Å². The molecule has 1 atom stereocenters. The lowest BCUT2D eigenvalue weighted by atomic mass is 10.0. The molecule has 0 saturated carbocycles. The molecule has 0 fully saturated rings. The predicted octanol–water partition coefficient (Wildman–Crippen LogP) is 5.30. The van der Waals surface area contributed by atoms with Gasteiger partial charge in [0.05, 0.1) is 0 Å². The van der Waals surface area contributed by atoms with Crippen LogP contribution in [-0.2, 0) is 0 Å². The van der Waals surface area contributed by atoms with E-state index >= 15 is 0 Å². The van der Waals surface area contributed by atoms with E-state index in [0.717, 1.165) is 31.2 Å². The standard InChI is InChI=1S/C13H18F3NS.ClH/c1-2-3-4-5-12(17)10-6-8-11(9-7-10)18-13(14,15)16;/h6-9,12H,2-5,17H2,1H3;1H/t12-;/m1./s1. The first-order valence-corrected chi connectivity index (χ1v) is 6.85. The van der Waals surface area contributed by atoms with E-state index in [0.29, 0.717) is 0 Å². The number of unbranched alkanes of at least 4 members (excludes halogenated alkanes) is 2. The molecule has 0 aliphatic carbocycles. The summed E-state index contributed by atoms with van der Waals surface area (Å²) in [5.74, 6) is 0. The molecule has 0 aliphatic heterocycles. The molecule has 0 bridgehead atoms.